The van der Waals surface area contributed by atoms with Gasteiger partial charge in [-0.3, -0.25) is 14.2 Å². The Kier molecular flexibility index (Phi) is 9.12. The van der Waals surface area contributed by atoms with Crippen LogP contribution in [0.1, 0.15) is 44.9 Å². The molecule has 2 aromatic carbocycles. The number of thiazole rings is 1. The summed E-state index contributed by atoms with van der Waals surface area (Å²) in [4.78, 5) is 34.8. The number of methoxy groups -OCH3 is 1. The number of benzene rings is 2. The van der Waals surface area contributed by atoms with Crippen molar-refractivity contribution in [2.24, 2.45) is 4.99 Å². The number of rotatable bonds is 10. The number of carbonyl (C=O) groups is 1. The number of carbonyl (C=O) groups excluding carboxylic acids is 1. The van der Waals surface area contributed by atoms with Crippen LogP contribution in [0.2, 0.25) is 0 Å². The average Bonchev–Trinajstić information content (AvgIpc) is 3.26. The molecular formula is C31H33N3O5S. The van der Waals surface area contributed by atoms with Gasteiger partial charge in [0.25, 0.3) is 11.5 Å². The maximum atomic E-state index is 14.0. The minimum atomic E-state index is -0.693. The minimum Gasteiger partial charge on any atom is -0.496 e. The van der Waals surface area contributed by atoms with Gasteiger partial charge in [-0.2, -0.15) is 0 Å². The van der Waals surface area contributed by atoms with Gasteiger partial charge in [-0.1, -0.05) is 41.5 Å². The summed E-state index contributed by atoms with van der Waals surface area (Å²) in [5, 5.41) is 0. The minimum absolute atomic E-state index is 0.120. The van der Waals surface area contributed by atoms with Crippen LogP contribution < -0.4 is 29.1 Å². The van der Waals surface area contributed by atoms with E-state index in [1.54, 1.807) is 28.7 Å². The number of allylic oxidation sites excluding steroid dienone is 1. The zero-order valence-corrected chi connectivity index (χ0v) is 24.2. The molecule has 1 aromatic heterocycles. The van der Waals surface area contributed by atoms with Crippen molar-refractivity contribution in [3.63, 3.8) is 0 Å². The van der Waals surface area contributed by atoms with Crippen molar-refractivity contribution in [2.45, 2.75) is 33.7 Å². The van der Waals surface area contributed by atoms with Crippen LogP contribution in [0.15, 0.2) is 63.5 Å². The highest BCUT2D eigenvalue weighted by Crippen LogP contribution is 2.36. The van der Waals surface area contributed by atoms with Crippen LogP contribution in [0.4, 0.5) is 0 Å². The molecule has 2 heterocycles. The molecule has 0 radical (unpaired) electrons. The van der Waals surface area contributed by atoms with Crippen molar-refractivity contribution in [1.29, 1.82) is 0 Å². The van der Waals surface area contributed by atoms with Crippen LogP contribution in [-0.2, 0) is 4.79 Å². The van der Waals surface area contributed by atoms with Crippen LogP contribution in [0.5, 0.6) is 17.2 Å². The van der Waals surface area contributed by atoms with Crippen LogP contribution in [0, 0.1) is 12.3 Å². The van der Waals surface area contributed by atoms with Crippen molar-refractivity contribution in [3.8, 4) is 29.6 Å². The van der Waals surface area contributed by atoms with E-state index in [1.807, 2.05) is 64.1 Å². The number of amides is 1. The standard InChI is InChI=1S/C31H33N3O5S/c1-7-17-39-24-16-15-21(18-25(24)38-10-4)19-26-29(35)34-28(22-13-11-12-14-23(22)37-6)27(20(5)32-31(34)40-26)30(36)33(8-2)9-3/h1,11-16,18-19,28H,8-10,17H2,2-6H3/b26-19+/t28-/m0/s1. The maximum absolute atomic E-state index is 14.0. The van der Waals surface area contributed by atoms with E-state index in [2.05, 4.69) is 5.92 Å². The lowest BCUT2D eigenvalue weighted by Crippen LogP contribution is -2.43. The van der Waals surface area contributed by atoms with Crippen LogP contribution in [0.3, 0.4) is 0 Å². The number of terminal acetylenes is 1. The Morgan fingerprint density at radius 3 is 2.55 bits per heavy atom. The quantitative estimate of drug-likeness (QED) is 0.355. The summed E-state index contributed by atoms with van der Waals surface area (Å²) in [5.41, 5.74) is 2.26. The van der Waals surface area contributed by atoms with Crippen molar-refractivity contribution in [1.82, 2.24) is 9.47 Å². The summed E-state index contributed by atoms with van der Waals surface area (Å²) in [7, 11) is 1.58. The molecule has 1 amide bonds. The van der Waals surface area contributed by atoms with Gasteiger partial charge in [-0.25, -0.2) is 4.99 Å². The molecule has 0 fully saturated rings. The van der Waals surface area contributed by atoms with Crippen molar-refractivity contribution in [2.75, 3.05) is 33.4 Å². The van der Waals surface area contributed by atoms with Crippen LogP contribution >= 0.6 is 11.3 Å². The summed E-state index contributed by atoms with van der Waals surface area (Å²) in [6, 6.07) is 12.2. The molecule has 1 aliphatic heterocycles. The largest absolute Gasteiger partial charge is 0.496 e. The van der Waals surface area contributed by atoms with E-state index < -0.39 is 6.04 Å². The molecule has 3 aromatic rings. The molecule has 0 N–H and O–H groups in total. The molecule has 0 saturated carbocycles. The van der Waals surface area contributed by atoms with Gasteiger partial charge in [0.2, 0.25) is 0 Å². The van der Waals surface area contributed by atoms with E-state index in [9.17, 15) is 9.59 Å². The van der Waals surface area contributed by atoms with Gasteiger partial charge in [0, 0.05) is 18.7 Å². The lowest BCUT2D eigenvalue weighted by atomic mass is 9.94. The predicted octanol–water partition coefficient (Wildman–Crippen LogP) is 3.52. The Hall–Kier alpha value is -4.29. The fraction of sp³-hybridized carbons (Fsp3) is 0.323. The fourth-order valence-electron chi connectivity index (χ4n) is 4.74. The number of ether oxygens (including phenoxy) is 3. The SMILES string of the molecule is C#CCOc1ccc(/C=c2/sc3n(c2=O)[C@@H](c2ccccc2OC)C(C(=O)N(CC)CC)=C(C)N=3)cc1OCC. The van der Waals surface area contributed by atoms with E-state index in [1.165, 1.54) is 11.3 Å². The molecule has 1 aliphatic rings. The smallest absolute Gasteiger partial charge is 0.271 e. The van der Waals surface area contributed by atoms with E-state index in [0.29, 0.717) is 57.5 Å². The topological polar surface area (TPSA) is 82.4 Å². The monoisotopic (exact) mass is 559 g/mol. The van der Waals surface area contributed by atoms with Gasteiger partial charge in [0.15, 0.2) is 16.3 Å². The summed E-state index contributed by atoms with van der Waals surface area (Å²) in [6.07, 6.45) is 7.13. The maximum Gasteiger partial charge on any atom is 0.271 e. The van der Waals surface area contributed by atoms with Gasteiger partial charge in [0.05, 0.1) is 29.5 Å². The Morgan fingerprint density at radius 2 is 1.88 bits per heavy atom. The van der Waals surface area contributed by atoms with Crippen LogP contribution in [0.25, 0.3) is 6.08 Å². The third-order valence-electron chi connectivity index (χ3n) is 6.61. The zero-order chi connectivity index (χ0) is 28.8. The molecule has 4 rings (SSSR count). The van der Waals surface area contributed by atoms with Gasteiger partial charge in [0.1, 0.15) is 18.4 Å². The summed E-state index contributed by atoms with van der Waals surface area (Å²) in [5.74, 6) is 3.96. The Balaban J connectivity index is 1.92. The summed E-state index contributed by atoms with van der Waals surface area (Å²) < 4.78 is 19.1. The molecule has 1 atom stereocenters. The number of nitrogens with zero attached hydrogens (tertiary/aromatic N) is 3. The molecule has 0 unspecified atom stereocenters. The molecule has 0 saturated heterocycles. The molecule has 0 bridgehead atoms. The highest BCUT2D eigenvalue weighted by atomic mass is 32.1. The Labute approximate surface area is 237 Å². The molecular weight excluding hydrogens is 526 g/mol. The molecule has 0 aliphatic carbocycles. The number of aromatic nitrogens is 1. The second-order valence-corrected chi connectivity index (χ2v) is 9.94. The van der Waals surface area contributed by atoms with Crippen molar-refractivity contribution >= 4 is 23.3 Å². The van der Waals surface area contributed by atoms with Gasteiger partial charge < -0.3 is 19.1 Å². The predicted molar refractivity (Wildman–Crippen MR) is 157 cm³/mol. The molecule has 208 valence electrons. The van der Waals surface area contributed by atoms with Gasteiger partial charge >= 0.3 is 0 Å². The highest BCUT2D eigenvalue weighted by Gasteiger charge is 2.35. The van der Waals surface area contributed by atoms with Gasteiger partial charge in [-0.15, -0.1) is 6.42 Å². The third-order valence-corrected chi connectivity index (χ3v) is 7.60. The normalized spacial score (nSPS) is 14.7. The highest BCUT2D eigenvalue weighted by molar-refractivity contribution is 7.07. The first-order chi connectivity index (χ1) is 19.4. The molecule has 8 nitrogen and oxygen atoms in total. The number of fused-ring (bicyclic) bond motifs is 1. The molecule has 40 heavy (non-hydrogen) atoms. The summed E-state index contributed by atoms with van der Waals surface area (Å²) in [6.45, 7) is 9.21. The number of hydrogen-bond donors (Lipinski definition) is 0. The van der Waals surface area contributed by atoms with E-state index in [-0.39, 0.29) is 18.1 Å². The molecule has 0 spiro atoms. The third kappa shape index (κ3) is 5.54. The second kappa shape index (κ2) is 12.7. The Bertz CT molecular complexity index is 1660. The first kappa shape index (κ1) is 28.7. The van der Waals surface area contributed by atoms with Crippen molar-refractivity contribution < 1.29 is 19.0 Å². The van der Waals surface area contributed by atoms with E-state index in [0.717, 1.165) is 11.1 Å². The fourth-order valence-corrected chi connectivity index (χ4v) is 5.78. The van der Waals surface area contributed by atoms with Crippen molar-refractivity contribution in [3.05, 3.63) is 84.5 Å². The second-order valence-electron chi connectivity index (χ2n) is 8.93. The summed E-state index contributed by atoms with van der Waals surface area (Å²) >= 11 is 1.27. The van der Waals surface area contributed by atoms with Gasteiger partial charge in [-0.05, 0) is 57.5 Å². The molecule has 9 heteroatoms. The van der Waals surface area contributed by atoms with Crippen LogP contribution in [-0.4, -0.2) is 48.8 Å². The average molecular weight is 560 g/mol. The lowest BCUT2D eigenvalue weighted by Gasteiger charge is -2.29. The number of likely N-dealkylation sites (N-methyl/N-ethyl adjacent to an activating group) is 1. The van der Waals surface area contributed by atoms with E-state index >= 15 is 0 Å². The zero-order valence-electron chi connectivity index (χ0n) is 23.4. The Morgan fingerprint density at radius 1 is 1.12 bits per heavy atom. The number of para-hydroxylation sites is 1. The first-order valence-corrected chi connectivity index (χ1v) is 14.0. The number of hydrogen-bond acceptors (Lipinski definition) is 7. The van der Waals surface area contributed by atoms with E-state index in [4.69, 9.17) is 25.6 Å². The first-order valence-electron chi connectivity index (χ1n) is 13.2. The lowest BCUT2D eigenvalue weighted by molar-refractivity contribution is -0.127.